The predicted molar refractivity (Wildman–Crippen MR) is 103 cm³/mol. The van der Waals surface area contributed by atoms with Gasteiger partial charge in [0.05, 0.1) is 12.7 Å². The van der Waals surface area contributed by atoms with E-state index in [4.69, 9.17) is 9.47 Å². The molecule has 3 atom stereocenters. The minimum atomic E-state index is 0.303. The summed E-state index contributed by atoms with van der Waals surface area (Å²) in [7, 11) is 1.83. The summed E-state index contributed by atoms with van der Waals surface area (Å²) in [5, 5.41) is 6.78. The zero-order valence-corrected chi connectivity index (χ0v) is 16.4. The van der Waals surface area contributed by atoms with Crippen LogP contribution in [0.25, 0.3) is 0 Å². The second-order valence-corrected chi connectivity index (χ2v) is 7.69. The highest BCUT2D eigenvalue weighted by molar-refractivity contribution is 5.79. The summed E-state index contributed by atoms with van der Waals surface area (Å²) < 4.78 is 11.1. The molecule has 0 spiro atoms. The van der Waals surface area contributed by atoms with Crippen LogP contribution >= 0.6 is 0 Å². The fourth-order valence-corrected chi connectivity index (χ4v) is 3.88. The van der Waals surface area contributed by atoms with E-state index in [1.165, 1.54) is 26.1 Å². The molecule has 0 aromatic carbocycles. The summed E-state index contributed by atoms with van der Waals surface area (Å²) >= 11 is 0. The fourth-order valence-electron chi connectivity index (χ4n) is 3.88. The van der Waals surface area contributed by atoms with Crippen LogP contribution in [-0.4, -0.2) is 76.6 Å². The lowest BCUT2D eigenvalue weighted by Crippen LogP contribution is -2.42. The molecule has 2 rings (SSSR count). The molecule has 0 amide bonds. The predicted octanol–water partition coefficient (Wildman–Crippen LogP) is 1.72. The van der Waals surface area contributed by atoms with E-state index in [1.54, 1.807) is 0 Å². The van der Waals surface area contributed by atoms with Gasteiger partial charge in [-0.2, -0.15) is 0 Å². The van der Waals surface area contributed by atoms with Crippen LogP contribution in [0.1, 0.15) is 39.5 Å². The number of hydrogen-bond acceptors (Lipinski definition) is 4. The van der Waals surface area contributed by atoms with Crippen LogP contribution in [0.4, 0.5) is 0 Å². The molecule has 6 nitrogen and oxygen atoms in total. The lowest BCUT2D eigenvalue weighted by molar-refractivity contribution is 0.0420. The van der Waals surface area contributed by atoms with E-state index in [0.29, 0.717) is 6.10 Å². The normalized spacial score (nSPS) is 28.3. The van der Waals surface area contributed by atoms with Crippen molar-refractivity contribution in [1.82, 2.24) is 15.5 Å². The number of nitrogens with zero attached hydrogens (tertiary/aromatic N) is 2. The Morgan fingerprint density at radius 2 is 1.88 bits per heavy atom. The van der Waals surface area contributed by atoms with Gasteiger partial charge < -0.3 is 25.0 Å². The number of hydrogen-bond donors (Lipinski definition) is 2. The van der Waals surface area contributed by atoms with Gasteiger partial charge in [0.1, 0.15) is 0 Å². The third-order valence-corrected chi connectivity index (χ3v) is 4.97. The van der Waals surface area contributed by atoms with E-state index in [-0.39, 0.29) is 0 Å². The Bertz CT molecular complexity index is 376. The van der Waals surface area contributed by atoms with Crippen molar-refractivity contribution in [3.05, 3.63) is 0 Å². The van der Waals surface area contributed by atoms with Crippen molar-refractivity contribution in [3.8, 4) is 0 Å². The van der Waals surface area contributed by atoms with Gasteiger partial charge >= 0.3 is 0 Å². The number of nitrogens with one attached hydrogen (secondary N) is 2. The second kappa shape index (κ2) is 11.7. The molecule has 0 aromatic heterocycles. The van der Waals surface area contributed by atoms with Gasteiger partial charge in [-0.25, -0.2) is 0 Å². The number of piperidine rings is 1. The molecule has 25 heavy (non-hydrogen) atoms. The molecule has 2 heterocycles. The van der Waals surface area contributed by atoms with Crippen molar-refractivity contribution < 1.29 is 9.47 Å². The Kier molecular flexibility index (Phi) is 9.58. The average molecular weight is 355 g/mol. The van der Waals surface area contributed by atoms with Crippen molar-refractivity contribution in [2.45, 2.75) is 45.6 Å². The zero-order valence-electron chi connectivity index (χ0n) is 16.4. The highest BCUT2D eigenvalue weighted by Gasteiger charge is 2.21. The van der Waals surface area contributed by atoms with E-state index >= 15 is 0 Å². The third-order valence-electron chi connectivity index (χ3n) is 4.97. The Morgan fingerprint density at radius 1 is 1.16 bits per heavy atom. The molecule has 2 aliphatic rings. The van der Waals surface area contributed by atoms with Gasteiger partial charge in [0.15, 0.2) is 5.96 Å². The first-order valence-electron chi connectivity index (χ1n) is 10.0. The van der Waals surface area contributed by atoms with Crippen molar-refractivity contribution in [3.63, 3.8) is 0 Å². The van der Waals surface area contributed by atoms with Crippen LogP contribution in [0.15, 0.2) is 4.99 Å². The van der Waals surface area contributed by atoms with Crippen molar-refractivity contribution in [2.24, 2.45) is 16.8 Å². The molecular weight excluding hydrogens is 316 g/mol. The maximum atomic E-state index is 5.77. The van der Waals surface area contributed by atoms with Crippen molar-refractivity contribution >= 4 is 5.96 Å². The Labute approximate surface area is 153 Å². The van der Waals surface area contributed by atoms with E-state index in [1.807, 2.05) is 7.05 Å². The Hall–Kier alpha value is -0.850. The van der Waals surface area contributed by atoms with Gasteiger partial charge in [-0.15, -0.1) is 0 Å². The van der Waals surface area contributed by atoms with Crippen LogP contribution in [0.3, 0.4) is 0 Å². The molecule has 146 valence electrons. The van der Waals surface area contributed by atoms with E-state index in [9.17, 15) is 0 Å². The van der Waals surface area contributed by atoms with E-state index in [2.05, 4.69) is 34.4 Å². The molecule has 0 radical (unpaired) electrons. The van der Waals surface area contributed by atoms with E-state index in [0.717, 1.165) is 70.0 Å². The first-order valence-corrected chi connectivity index (χ1v) is 10.0. The fraction of sp³-hybridized carbons (Fsp3) is 0.947. The SMILES string of the molecule is CN=C(NCCCOC1CCOC1)NCCCN1CC(C)CC(C)C1. The standard InChI is InChI=1S/C19H38N4O2/c1-16-12-17(2)14-23(13-16)9-4-7-21-19(20-3)22-8-5-10-25-18-6-11-24-15-18/h16-18H,4-15H2,1-3H3,(H2,20,21,22). The monoisotopic (exact) mass is 354 g/mol. The summed E-state index contributed by atoms with van der Waals surface area (Å²) in [5.41, 5.74) is 0. The smallest absolute Gasteiger partial charge is 0.190 e. The molecule has 0 aliphatic carbocycles. The molecule has 0 saturated carbocycles. The summed E-state index contributed by atoms with van der Waals surface area (Å²) in [6, 6.07) is 0. The summed E-state index contributed by atoms with van der Waals surface area (Å²) in [5.74, 6) is 2.57. The Balaban J connectivity index is 1.47. The van der Waals surface area contributed by atoms with Gasteiger partial charge in [-0.1, -0.05) is 13.8 Å². The molecule has 2 aliphatic heterocycles. The van der Waals surface area contributed by atoms with Gasteiger partial charge in [-0.3, -0.25) is 4.99 Å². The van der Waals surface area contributed by atoms with Crippen LogP contribution in [-0.2, 0) is 9.47 Å². The molecule has 6 heteroatoms. The first-order chi connectivity index (χ1) is 12.2. The highest BCUT2D eigenvalue weighted by Crippen LogP contribution is 2.20. The van der Waals surface area contributed by atoms with Crippen LogP contribution < -0.4 is 10.6 Å². The van der Waals surface area contributed by atoms with E-state index < -0.39 is 0 Å². The quantitative estimate of drug-likeness (QED) is 0.375. The maximum Gasteiger partial charge on any atom is 0.190 e. The van der Waals surface area contributed by atoms with Crippen LogP contribution in [0.2, 0.25) is 0 Å². The van der Waals surface area contributed by atoms with Crippen LogP contribution in [0, 0.1) is 11.8 Å². The van der Waals surface area contributed by atoms with Crippen molar-refractivity contribution in [1.29, 1.82) is 0 Å². The first kappa shape index (κ1) is 20.5. The van der Waals surface area contributed by atoms with Gasteiger partial charge in [0.25, 0.3) is 0 Å². The van der Waals surface area contributed by atoms with Gasteiger partial charge in [-0.05, 0) is 44.1 Å². The minimum Gasteiger partial charge on any atom is -0.379 e. The van der Waals surface area contributed by atoms with Crippen molar-refractivity contribution in [2.75, 3.05) is 59.6 Å². The summed E-state index contributed by atoms with van der Waals surface area (Å²) in [4.78, 5) is 6.90. The number of ether oxygens (including phenoxy) is 2. The lowest BCUT2D eigenvalue weighted by Gasteiger charge is -2.35. The molecular formula is C19H38N4O2. The zero-order chi connectivity index (χ0) is 17.9. The molecule has 2 fully saturated rings. The molecule has 3 unspecified atom stereocenters. The maximum absolute atomic E-state index is 5.77. The number of likely N-dealkylation sites (tertiary alicyclic amines) is 1. The average Bonchev–Trinajstić information content (AvgIpc) is 3.09. The summed E-state index contributed by atoms with van der Waals surface area (Å²) in [6.07, 6.45) is 4.86. The van der Waals surface area contributed by atoms with Gasteiger partial charge in [0.2, 0.25) is 0 Å². The number of aliphatic imine (C=N–C) groups is 1. The van der Waals surface area contributed by atoms with Gasteiger partial charge in [0, 0.05) is 46.4 Å². The third kappa shape index (κ3) is 8.38. The Morgan fingerprint density at radius 3 is 2.52 bits per heavy atom. The molecule has 0 aromatic rings. The highest BCUT2D eigenvalue weighted by atomic mass is 16.5. The molecule has 2 saturated heterocycles. The topological polar surface area (TPSA) is 58.1 Å². The largest absolute Gasteiger partial charge is 0.379 e. The second-order valence-electron chi connectivity index (χ2n) is 7.69. The number of rotatable bonds is 9. The lowest BCUT2D eigenvalue weighted by atomic mass is 9.92. The van der Waals surface area contributed by atoms with Crippen LogP contribution in [0.5, 0.6) is 0 Å². The molecule has 0 bridgehead atoms. The minimum absolute atomic E-state index is 0.303. The summed E-state index contributed by atoms with van der Waals surface area (Å²) in [6.45, 7) is 12.7. The molecule has 2 N–H and O–H groups in total. The number of guanidine groups is 1.